The highest BCUT2D eigenvalue weighted by Gasteiger charge is 2.33. The van der Waals surface area contributed by atoms with Gasteiger partial charge < -0.3 is 5.73 Å². The summed E-state index contributed by atoms with van der Waals surface area (Å²) >= 11 is 0. The Bertz CT molecular complexity index is 461. The average molecular weight is 276 g/mol. The van der Waals surface area contributed by atoms with Crippen LogP contribution < -0.4 is 11.1 Å². The van der Waals surface area contributed by atoms with E-state index < -0.39 is 0 Å². The first-order chi connectivity index (χ1) is 9.53. The maximum Gasteiger partial charge on any atom is 0.229 e. The van der Waals surface area contributed by atoms with Gasteiger partial charge in [0.1, 0.15) is 0 Å². The lowest BCUT2D eigenvalue weighted by molar-refractivity contribution is -0.118. The van der Waals surface area contributed by atoms with E-state index in [0.717, 1.165) is 24.2 Å². The molecule has 5 heteroatoms. The van der Waals surface area contributed by atoms with Gasteiger partial charge in [-0.25, -0.2) is 9.97 Å². The number of nitrogens with one attached hydrogen (secondary N) is 1. The second kappa shape index (κ2) is 6.31. The maximum absolute atomic E-state index is 12.2. The minimum Gasteiger partial charge on any atom is -0.330 e. The Labute approximate surface area is 120 Å². The third-order valence-electron chi connectivity index (χ3n) is 4.12. The van der Waals surface area contributed by atoms with Gasteiger partial charge in [0, 0.05) is 17.8 Å². The monoisotopic (exact) mass is 276 g/mol. The molecule has 0 radical (unpaired) electrons. The molecular formula is C15H24N4O. The smallest absolute Gasteiger partial charge is 0.229 e. The summed E-state index contributed by atoms with van der Waals surface area (Å²) in [7, 11) is 0. The Morgan fingerprint density at radius 2 is 1.85 bits per heavy atom. The molecular weight excluding hydrogens is 252 g/mol. The number of rotatable bonds is 4. The van der Waals surface area contributed by atoms with Crippen molar-refractivity contribution in [3.63, 3.8) is 0 Å². The van der Waals surface area contributed by atoms with Gasteiger partial charge in [-0.05, 0) is 44.7 Å². The van der Waals surface area contributed by atoms with E-state index in [9.17, 15) is 4.79 Å². The molecule has 1 aliphatic carbocycles. The van der Waals surface area contributed by atoms with Crippen LogP contribution >= 0.6 is 0 Å². The first kappa shape index (κ1) is 14.9. The number of carbonyl (C=O) groups is 1. The fourth-order valence-electron chi connectivity index (χ4n) is 3.05. The van der Waals surface area contributed by atoms with Crippen LogP contribution in [0.2, 0.25) is 0 Å². The molecule has 5 nitrogen and oxygen atoms in total. The van der Waals surface area contributed by atoms with E-state index in [1.165, 1.54) is 19.3 Å². The van der Waals surface area contributed by atoms with Gasteiger partial charge in [-0.2, -0.15) is 0 Å². The van der Waals surface area contributed by atoms with Crippen molar-refractivity contribution in [3.05, 3.63) is 17.5 Å². The highest BCUT2D eigenvalue weighted by Crippen LogP contribution is 2.38. The van der Waals surface area contributed by atoms with E-state index in [-0.39, 0.29) is 11.3 Å². The van der Waals surface area contributed by atoms with Gasteiger partial charge >= 0.3 is 0 Å². The molecule has 0 aromatic carbocycles. The molecule has 0 unspecified atom stereocenters. The van der Waals surface area contributed by atoms with Crippen LogP contribution in [0.3, 0.4) is 0 Å². The zero-order valence-corrected chi connectivity index (χ0v) is 12.4. The van der Waals surface area contributed by atoms with Crippen molar-refractivity contribution in [2.45, 2.75) is 52.4 Å². The first-order valence-electron chi connectivity index (χ1n) is 7.35. The van der Waals surface area contributed by atoms with Crippen molar-refractivity contribution in [2.75, 3.05) is 11.9 Å². The van der Waals surface area contributed by atoms with E-state index >= 15 is 0 Å². The third kappa shape index (κ3) is 3.76. The van der Waals surface area contributed by atoms with Crippen LogP contribution in [0.15, 0.2) is 6.07 Å². The topological polar surface area (TPSA) is 80.9 Å². The predicted octanol–water partition coefficient (Wildman–Crippen LogP) is 2.33. The van der Waals surface area contributed by atoms with Gasteiger partial charge in [0.25, 0.3) is 0 Å². The van der Waals surface area contributed by atoms with E-state index in [0.29, 0.717) is 18.9 Å². The lowest BCUT2D eigenvalue weighted by Crippen LogP contribution is -2.36. The minimum atomic E-state index is -0.0266. The van der Waals surface area contributed by atoms with Gasteiger partial charge in [-0.1, -0.05) is 19.3 Å². The SMILES string of the molecule is Cc1cc(C)nc(NC(=O)CC2(CN)CCCCC2)n1. The molecule has 1 fully saturated rings. The Balaban J connectivity index is 2.00. The maximum atomic E-state index is 12.2. The van der Waals surface area contributed by atoms with Crippen molar-refractivity contribution in [1.82, 2.24) is 9.97 Å². The number of anilines is 1. The average Bonchev–Trinajstić information content (AvgIpc) is 2.38. The Kier molecular flexibility index (Phi) is 4.70. The molecule has 20 heavy (non-hydrogen) atoms. The molecule has 0 aliphatic heterocycles. The summed E-state index contributed by atoms with van der Waals surface area (Å²) in [6.07, 6.45) is 6.16. The van der Waals surface area contributed by atoms with Crippen molar-refractivity contribution in [3.8, 4) is 0 Å². The Hall–Kier alpha value is -1.49. The van der Waals surface area contributed by atoms with Crippen LogP contribution in [-0.4, -0.2) is 22.4 Å². The molecule has 0 bridgehead atoms. The number of aryl methyl sites for hydroxylation is 2. The van der Waals surface area contributed by atoms with Crippen LogP contribution in [-0.2, 0) is 4.79 Å². The molecule has 0 atom stereocenters. The number of amides is 1. The molecule has 0 spiro atoms. The summed E-state index contributed by atoms with van der Waals surface area (Å²) in [4.78, 5) is 20.7. The largest absolute Gasteiger partial charge is 0.330 e. The molecule has 1 aliphatic rings. The quantitative estimate of drug-likeness (QED) is 0.884. The fourth-order valence-corrected chi connectivity index (χ4v) is 3.05. The van der Waals surface area contributed by atoms with Crippen LogP contribution in [0, 0.1) is 19.3 Å². The third-order valence-corrected chi connectivity index (χ3v) is 4.12. The van der Waals surface area contributed by atoms with Gasteiger partial charge in [0.2, 0.25) is 11.9 Å². The summed E-state index contributed by atoms with van der Waals surface area (Å²) in [5.74, 6) is 0.373. The molecule has 0 saturated heterocycles. The molecule has 110 valence electrons. The molecule has 1 amide bonds. The van der Waals surface area contributed by atoms with Crippen molar-refractivity contribution >= 4 is 11.9 Å². The molecule has 3 N–H and O–H groups in total. The summed E-state index contributed by atoms with van der Waals surface area (Å²) < 4.78 is 0. The van der Waals surface area contributed by atoms with Crippen molar-refractivity contribution in [1.29, 1.82) is 0 Å². The number of nitrogens with two attached hydrogens (primary N) is 1. The van der Waals surface area contributed by atoms with E-state index in [4.69, 9.17) is 5.73 Å². The van der Waals surface area contributed by atoms with Crippen LogP contribution in [0.5, 0.6) is 0 Å². The van der Waals surface area contributed by atoms with Gasteiger partial charge in [-0.15, -0.1) is 0 Å². The van der Waals surface area contributed by atoms with Gasteiger partial charge in [0.15, 0.2) is 0 Å². The van der Waals surface area contributed by atoms with Gasteiger partial charge in [0.05, 0.1) is 0 Å². The van der Waals surface area contributed by atoms with Gasteiger partial charge in [-0.3, -0.25) is 10.1 Å². The van der Waals surface area contributed by atoms with E-state index in [1.54, 1.807) is 0 Å². The molecule has 1 heterocycles. The van der Waals surface area contributed by atoms with Crippen molar-refractivity contribution < 1.29 is 4.79 Å². The molecule has 1 aromatic rings. The predicted molar refractivity (Wildman–Crippen MR) is 79.3 cm³/mol. The zero-order chi connectivity index (χ0) is 14.6. The van der Waals surface area contributed by atoms with Crippen molar-refractivity contribution in [2.24, 2.45) is 11.1 Å². The zero-order valence-electron chi connectivity index (χ0n) is 12.4. The molecule has 1 saturated carbocycles. The number of hydrogen-bond donors (Lipinski definition) is 2. The Morgan fingerprint density at radius 3 is 2.40 bits per heavy atom. The lowest BCUT2D eigenvalue weighted by Gasteiger charge is -2.35. The second-order valence-electron chi connectivity index (χ2n) is 5.96. The highest BCUT2D eigenvalue weighted by molar-refractivity contribution is 5.89. The van der Waals surface area contributed by atoms with E-state index in [1.807, 2.05) is 19.9 Å². The van der Waals surface area contributed by atoms with Crippen LogP contribution in [0.25, 0.3) is 0 Å². The van der Waals surface area contributed by atoms with Crippen LogP contribution in [0.1, 0.15) is 49.9 Å². The summed E-state index contributed by atoms with van der Waals surface area (Å²) in [5.41, 5.74) is 7.61. The summed E-state index contributed by atoms with van der Waals surface area (Å²) in [5, 5.41) is 2.81. The Morgan fingerprint density at radius 1 is 1.25 bits per heavy atom. The number of carbonyl (C=O) groups excluding carboxylic acids is 1. The van der Waals surface area contributed by atoms with Crippen LogP contribution in [0.4, 0.5) is 5.95 Å². The second-order valence-corrected chi connectivity index (χ2v) is 5.96. The summed E-state index contributed by atoms with van der Waals surface area (Å²) in [6, 6.07) is 1.89. The van der Waals surface area contributed by atoms with E-state index in [2.05, 4.69) is 15.3 Å². The lowest BCUT2D eigenvalue weighted by atomic mass is 9.72. The normalized spacial score (nSPS) is 17.8. The number of hydrogen-bond acceptors (Lipinski definition) is 4. The molecule has 2 rings (SSSR count). The molecule has 1 aromatic heterocycles. The fraction of sp³-hybridized carbons (Fsp3) is 0.667. The highest BCUT2D eigenvalue weighted by atomic mass is 16.1. The first-order valence-corrected chi connectivity index (χ1v) is 7.35. The number of aromatic nitrogens is 2. The minimum absolute atomic E-state index is 0.0256. The standard InChI is InChI=1S/C15H24N4O/c1-11-8-12(2)18-14(17-11)19-13(20)9-15(10-16)6-4-3-5-7-15/h8H,3-7,9-10,16H2,1-2H3,(H,17,18,19,20). The number of nitrogens with zero attached hydrogens (tertiary/aromatic N) is 2. The summed E-state index contributed by atoms with van der Waals surface area (Å²) in [6.45, 7) is 4.37.